The Morgan fingerprint density at radius 3 is 2.36 bits per heavy atom. The number of aromatic nitrogens is 1. The molecule has 0 bridgehead atoms. The van der Waals surface area contributed by atoms with Crippen molar-refractivity contribution in [1.29, 1.82) is 0 Å². The smallest absolute Gasteiger partial charge is 0.337 e. The maximum atomic E-state index is 11.1. The van der Waals surface area contributed by atoms with Gasteiger partial charge in [-0.05, 0) is 25.2 Å². The third kappa shape index (κ3) is 5.15. The minimum Gasteiger partial charge on any atom is -0.495 e. The molecule has 0 aliphatic carbocycles. The van der Waals surface area contributed by atoms with E-state index in [-0.39, 0.29) is 5.56 Å². The summed E-state index contributed by atoms with van der Waals surface area (Å²) in [4.78, 5) is 14.3. The van der Waals surface area contributed by atoms with E-state index in [1.807, 2.05) is 0 Å². The lowest BCUT2D eigenvalue weighted by Crippen LogP contribution is -2.18. The van der Waals surface area contributed by atoms with Crippen LogP contribution < -0.4 is 9.46 Å². The van der Waals surface area contributed by atoms with Crippen LogP contribution >= 0.6 is 0 Å². The summed E-state index contributed by atoms with van der Waals surface area (Å²) in [6, 6.07) is 9.65. The summed E-state index contributed by atoms with van der Waals surface area (Å²) in [5.41, 5.74) is 0.129. The number of hydrogen-bond acceptors (Lipinski definition) is 5. The van der Waals surface area contributed by atoms with Crippen LogP contribution in [-0.4, -0.2) is 38.6 Å². The number of carbonyl (C=O) groups is 1. The van der Waals surface area contributed by atoms with Crippen molar-refractivity contribution in [3.63, 3.8) is 0 Å². The molecular formula is C14H16N2O5S. The van der Waals surface area contributed by atoms with Crippen LogP contribution in [0.25, 0.3) is 0 Å². The second kappa shape index (κ2) is 8.11. The summed E-state index contributed by atoms with van der Waals surface area (Å²) in [5, 5.41) is 8.51. The molecular weight excluding hydrogens is 308 g/mol. The maximum absolute atomic E-state index is 11.1. The van der Waals surface area contributed by atoms with Crippen molar-refractivity contribution in [3.8, 4) is 5.75 Å². The molecule has 0 aliphatic rings. The topological polar surface area (TPSA) is 106 Å². The van der Waals surface area contributed by atoms with Crippen LogP contribution in [0.15, 0.2) is 53.7 Å². The van der Waals surface area contributed by atoms with Crippen molar-refractivity contribution in [3.05, 3.63) is 54.4 Å². The highest BCUT2D eigenvalue weighted by Gasteiger charge is 2.08. The van der Waals surface area contributed by atoms with Crippen LogP contribution in [0.2, 0.25) is 0 Å². The summed E-state index contributed by atoms with van der Waals surface area (Å²) < 4.78 is 29.2. The molecule has 0 spiro atoms. The molecule has 0 saturated carbocycles. The van der Waals surface area contributed by atoms with Gasteiger partial charge in [0.15, 0.2) is 0 Å². The monoisotopic (exact) mass is 324 g/mol. The molecule has 1 heterocycles. The fourth-order valence-corrected chi connectivity index (χ4v) is 2.12. The fraction of sp³-hybridized carbons (Fsp3) is 0.143. The van der Waals surface area contributed by atoms with E-state index in [9.17, 15) is 13.2 Å². The average Bonchev–Trinajstić information content (AvgIpc) is 2.56. The lowest BCUT2D eigenvalue weighted by molar-refractivity contribution is 0.0696. The Kier molecular flexibility index (Phi) is 6.48. The lowest BCUT2D eigenvalue weighted by atomic mass is 10.3. The highest BCUT2D eigenvalue weighted by Crippen LogP contribution is 2.09. The third-order valence-electron chi connectivity index (χ3n) is 2.52. The van der Waals surface area contributed by atoms with Crippen molar-refractivity contribution < 1.29 is 23.1 Å². The van der Waals surface area contributed by atoms with Gasteiger partial charge in [0.25, 0.3) is 0 Å². The van der Waals surface area contributed by atoms with Gasteiger partial charge in [-0.25, -0.2) is 17.9 Å². The minimum atomic E-state index is -3.25. The zero-order valence-electron chi connectivity index (χ0n) is 12.1. The Morgan fingerprint density at radius 2 is 1.86 bits per heavy atom. The summed E-state index contributed by atoms with van der Waals surface area (Å²) >= 11 is 0. The molecule has 0 radical (unpaired) electrons. The molecule has 0 unspecified atom stereocenters. The van der Waals surface area contributed by atoms with Crippen LogP contribution in [0.1, 0.15) is 10.4 Å². The molecule has 2 aromatic rings. The van der Waals surface area contributed by atoms with Gasteiger partial charge < -0.3 is 9.84 Å². The number of benzene rings is 1. The number of hydrogen-bond donors (Lipinski definition) is 2. The summed E-state index contributed by atoms with van der Waals surface area (Å²) in [6.07, 6.45) is 2.72. The van der Waals surface area contributed by atoms with Crippen molar-refractivity contribution in [2.45, 2.75) is 4.90 Å². The van der Waals surface area contributed by atoms with Crippen LogP contribution in [0, 0.1) is 0 Å². The van der Waals surface area contributed by atoms with Crippen LogP contribution in [0.3, 0.4) is 0 Å². The number of pyridine rings is 1. The number of carboxylic acid groups (broad SMARTS) is 1. The number of rotatable bonds is 4. The first-order valence-corrected chi connectivity index (χ1v) is 7.60. The molecule has 118 valence electrons. The van der Waals surface area contributed by atoms with Gasteiger partial charge in [0.2, 0.25) is 10.0 Å². The van der Waals surface area contributed by atoms with E-state index in [1.54, 1.807) is 30.3 Å². The molecule has 0 aliphatic heterocycles. The molecule has 0 fully saturated rings. The van der Waals surface area contributed by atoms with E-state index in [4.69, 9.17) is 9.84 Å². The molecule has 1 aromatic carbocycles. The number of carboxylic acids is 1. The maximum Gasteiger partial charge on any atom is 0.337 e. The number of ether oxygens (including phenoxy) is 1. The van der Waals surface area contributed by atoms with Gasteiger partial charge in [0.05, 0.1) is 23.8 Å². The van der Waals surface area contributed by atoms with Gasteiger partial charge in [0.1, 0.15) is 5.75 Å². The number of sulfonamides is 1. The molecule has 0 saturated heterocycles. The molecule has 8 heteroatoms. The summed E-state index contributed by atoms with van der Waals surface area (Å²) in [5.74, 6) is -0.554. The summed E-state index contributed by atoms with van der Waals surface area (Å²) in [6.45, 7) is 0. The van der Waals surface area contributed by atoms with Gasteiger partial charge in [-0.15, -0.1) is 0 Å². The van der Waals surface area contributed by atoms with E-state index in [1.165, 1.54) is 32.6 Å². The number of nitrogens with one attached hydrogen (secondary N) is 1. The Balaban J connectivity index is 0.000000220. The first-order valence-electron chi connectivity index (χ1n) is 6.11. The zero-order chi connectivity index (χ0) is 16.6. The quantitative estimate of drug-likeness (QED) is 0.880. The molecule has 22 heavy (non-hydrogen) atoms. The molecule has 0 amide bonds. The second-order valence-corrected chi connectivity index (χ2v) is 5.83. The second-order valence-electron chi connectivity index (χ2n) is 3.94. The predicted molar refractivity (Wildman–Crippen MR) is 80.4 cm³/mol. The van der Waals surface area contributed by atoms with Gasteiger partial charge in [0, 0.05) is 6.20 Å². The van der Waals surface area contributed by atoms with Crippen molar-refractivity contribution in [2.24, 2.45) is 0 Å². The van der Waals surface area contributed by atoms with E-state index in [0.29, 0.717) is 10.6 Å². The summed E-state index contributed by atoms with van der Waals surface area (Å²) in [7, 11) is -0.396. The average molecular weight is 324 g/mol. The van der Waals surface area contributed by atoms with Crippen molar-refractivity contribution in [2.75, 3.05) is 14.2 Å². The molecule has 2 rings (SSSR count). The van der Waals surface area contributed by atoms with Gasteiger partial charge >= 0.3 is 5.97 Å². The molecule has 0 atom stereocenters. The lowest BCUT2D eigenvalue weighted by Gasteiger charge is -1.99. The Bertz CT molecular complexity index is 717. The normalized spacial score (nSPS) is 10.3. The Morgan fingerprint density at radius 1 is 1.23 bits per heavy atom. The number of methoxy groups -OCH3 is 1. The first-order chi connectivity index (χ1) is 10.4. The number of aromatic carboxylic acids is 1. The Hall–Kier alpha value is -2.45. The predicted octanol–water partition coefficient (Wildman–Crippen LogP) is 1.38. The third-order valence-corrected chi connectivity index (χ3v) is 3.95. The van der Waals surface area contributed by atoms with Gasteiger partial charge in [-0.3, -0.25) is 4.98 Å². The minimum absolute atomic E-state index is 0.129. The van der Waals surface area contributed by atoms with Crippen molar-refractivity contribution >= 4 is 16.0 Å². The van der Waals surface area contributed by atoms with Crippen LogP contribution in [0.5, 0.6) is 5.75 Å². The van der Waals surface area contributed by atoms with E-state index < -0.39 is 16.0 Å². The number of nitrogens with zero attached hydrogens (tertiary/aromatic N) is 1. The zero-order valence-corrected chi connectivity index (χ0v) is 12.9. The molecule has 2 N–H and O–H groups in total. The van der Waals surface area contributed by atoms with Gasteiger partial charge in [-0.1, -0.05) is 18.2 Å². The first kappa shape index (κ1) is 17.6. The van der Waals surface area contributed by atoms with Crippen LogP contribution in [0.4, 0.5) is 0 Å². The highest BCUT2D eigenvalue weighted by atomic mass is 32.2. The van der Waals surface area contributed by atoms with E-state index in [2.05, 4.69) is 9.71 Å². The SMILES string of the molecule is CNS(=O)(=O)c1ccccc1.COc1cncc(C(=O)O)c1. The standard InChI is InChI=1S/C7H7NO3.C7H9NO2S/c1-11-6-2-5(7(9)10)3-8-4-6;1-8-11(9,10)7-5-3-2-4-6-7/h2-4H,1H3,(H,9,10);2-6,8H,1H3. The van der Waals surface area contributed by atoms with Gasteiger partial charge in [-0.2, -0.15) is 0 Å². The largest absolute Gasteiger partial charge is 0.495 e. The van der Waals surface area contributed by atoms with Crippen molar-refractivity contribution in [1.82, 2.24) is 9.71 Å². The Labute approximate surface area is 128 Å². The fourth-order valence-electron chi connectivity index (χ4n) is 1.36. The van der Waals surface area contributed by atoms with E-state index in [0.717, 1.165) is 0 Å². The van der Waals surface area contributed by atoms with Crippen LogP contribution in [-0.2, 0) is 10.0 Å². The highest BCUT2D eigenvalue weighted by molar-refractivity contribution is 7.89. The van der Waals surface area contributed by atoms with E-state index >= 15 is 0 Å². The molecule has 7 nitrogen and oxygen atoms in total. The molecule has 1 aromatic heterocycles.